The zero-order valence-electron chi connectivity index (χ0n) is 14.8. The summed E-state index contributed by atoms with van der Waals surface area (Å²) in [6.07, 6.45) is 0.935. The number of nitrogens with one attached hydrogen (secondary N) is 2. The highest BCUT2D eigenvalue weighted by molar-refractivity contribution is 6.04. The summed E-state index contributed by atoms with van der Waals surface area (Å²) in [5.41, 5.74) is 1.10. The summed E-state index contributed by atoms with van der Waals surface area (Å²) < 4.78 is 4.68. The number of amides is 1. The van der Waals surface area contributed by atoms with Crippen molar-refractivity contribution >= 4 is 23.4 Å². The number of hydrogen-bond acceptors (Lipinski definition) is 6. The summed E-state index contributed by atoms with van der Waals surface area (Å²) in [7, 11) is 1.31. The van der Waals surface area contributed by atoms with E-state index in [1.165, 1.54) is 7.11 Å². The van der Waals surface area contributed by atoms with E-state index in [9.17, 15) is 9.59 Å². The van der Waals surface area contributed by atoms with Gasteiger partial charge in [0.15, 0.2) is 0 Å². The lowest BCUT2D eigenvalue weighted by Crippen LogP contribution is -2.19. The van der Waals surface area contributed by atoms with E-state index in [1.54, 1.807) is 37.3 Å². The Kier molecular flexibility index (Phi) is 6.05. The highest BCUT2D eigenvalue weighted by Gasteiger charge is 2.13. The van der Waals surface area contributed by atoms with Crippen LogP contribution < -0.4 is 10.6 Å². The monoisotopic (exact) mass is 342 g/mol. The van der Waals surface area contributed by atoms with Crippen molar-refractivity contribution in [3.63, 3.8) is 0 Å². The van der Waals surface area contributed by atoms with Gasteiger partial charge < -0.3 is 15.4 Å². The molecule has 0 radical (unpaired) electrons. The molecule has 0 saturated heterocycles. The molecule has 0 bridgehead atoms. The van der Waals surface area contributed by atoms with Crippen molar-refractivity contribution < 1.29 is 14.3 Å². The Balaban J connectivity index is 2.19. The van der Waals surface area contributed by atoms with Crippen molar-refractivity contribution in [3.8, 4) is 0 Å². The fourth-order valence-electron chi connectivity index (χ4n) is 2.15. The molecular formula is C18H22N4O3. The maximum absolute atomic E-state index is 12.5. The van der Waals surface area contributed by atoms with Gasteiger partial charge in [-0.1, -0.05) is 13.0 Å². The maximum Gasteiger partial charge on any atom is 0.337 e. The first-order chi connectivity index (χ1) is 11.9. The Morgan fingerprint density at radius 1 is 1.24 bits per heavy atom. The molecule has 0 aliphatic rings. The van der Waals surface area contributed by atoms with Crippen LogP contribution in [0.3, 0.4) is 0 Å². The molecule has 0 spiro atoms. The van der Waals surface area contributed by atoms with Crippen molar-refractivity contribution in [1.82, 2.24) is 9.97 Å². The number of carbonyl (C=O) groups excluding carboxylic acids is 2. The summed E-state index contributed by atoms with van der Waals surface area (Å²) in [6, 6.07) is 8.38. The molecule has 2 aromatic rings. The summed E-state index contributed by atoms with van der Waals surface area (Å²) in [5.74, 6) is 0.269. The molecule has 1 amide bonds. The summed E-state index contributed by atoms with van der Waals surface area (Å²) in [5, 5.41) is 5.97. The molecule has 2 N–H and O–H groups in total. The molecule has 0 saturated carbocycles. The van der Waals surface area contributed by atoms with Crippen LogP contribution in [0.25, 0.3) is 0 Å². The van der Waals surface area contributed by atoms with Gasteiger partial charge in [0.05, 0.1) is 12.7 Å². The molecule has 2 rings (SSSR count). The third kappa shape index (κ3) is 5.00. The summed E-state index contributed by atoms with van der Waals surface area (Å²) >= 11 is 0. The Hall–Kier alpha value is -2.96. The number of nitrogens with zero attached hydrogens (tertiary/aromatic N) is 2. The second kappa shape index (κ2) is 8.23. The number of benzene rings is 1. The van der Waals surface area contributed by atoms with Gasteiger partial charge >= 0.3 is 5.97 Å². The van der Waals surface area contributed by atoms with Crippen LogP contribution in [0.4, 0.5) is 11.5 Å². The van der Waals surface area contributed by atoms with Gasteiger partial charge in [-0.3, -0.25) is 4.79 Å². The number of hydrogen-bond donors (Lipinski definition) is 2. The third-order valence-electron chi connectivity index (χ3n) is 3.62. The van der Waals surface area contributed by atoms with Gasteiger partial charge in [0, 0.05) is 17.8 Å². The van der Waals surface area contributed by atoms with Crippen LogP contribution >= 0.6 is 0 Å². The zero-order valence-corrected chi connectivity index (χ0v) is 14.8. The number of rotatable bonds is 6. The van der Waals surface area contributed by atoms with Crippen molar-refractivity contribution in [2.45, 2.75) is 33.2 Å². The average Bonchev–Trinajstić information content (AvgIpc) is 2.60. The summed E-state index contributed by atoms with van der Waals surface area (Å²) in [6.45, 7) is 5.83. The lowest BCUT2D eigenvalue weighted by atomic mass is 10.2. The van der Waals surface area contributed by atoms with Crippen LogP contribution in [-0.4, -0.2) is 35.0 Å². The van der Waals surface area contributed by atoms with Crippen LogP contribution in [0.15, 0.2) is 30.3 Å². The van der Waals surface area contributed by atoms with Crippen molar-refractivity contribution in [2.75, 3.05) is 17.7 Å². The number of methoxy groups -OCH3 is 1. The van der Waals surface area contributed by atoms with E-state index in [1.807, 2.05) is 6.92 Å². The fraction of sp³-hybridized carbons (Fsp3) is 0.333. The Bertz CT molecular complexity index is 777. The number of ether oxygens (including phenoxy) is 1. The lowest BCUT2D eigenvalue weighted by molar-refractivity contribution is 0.0600. The lowest BCUT2D eigenvalue weighted by Gasteiger charge is -2.13. The summed E-state index contributed by atoms with van der Waals surface area (Å²) in [4.78, 5) is 32.5. The molecule has 0 fully saturated rings. The second-order valence-electron chi connectivity index (χ2n) is 5.67. The fourth-order valence-corrected chi connectivity index (χ4v) is 2.15. The van der Waals surface area contributed by atoms with Crippen LogP contribution in [0.5, 0.6) is 0 Å². The van der Waals surface area contributed by atoms with E-state index in [2.05, 4.69) is 32.3 Å². The van der Waals surface area contributed by atoms with E-state index in [-0.39, 0.29) is 17.6 Å². The van der Waals surface area contributed by atoms with E-state index in [0.717, 1.165) is 6.42 Å². The number of esters is 1. The molecule has 1 aromatic carbocycles. The SMILES string of the molecule is CCC(C)Nc1cc(C(=O)Nc2cccc(C(=O)OC)c2)nc(C)n1. The molecule has 25 heavy (non-hydrogen) atoms. The molecule has 132 valence electrons. The first-order valence-electron chi connectivity index (χ1n) is 8.05. The first kappa shape index (κ1) is 18.4. The molecule has 7 heteroatoms. The van der Waals surface area contributed by atoms with E-state index >= 15 is 0 Å². The highest BCUT2D eigenvalue weighted by Crippen LogP contribution is 2.14. The van der Waals surface area contributed by atoms with Gasteiger partial charge in [-0.25, -0.2) is 14.8 Å². The quantitative estimate of drug-likeness (QED) is 0.784. The predicted molar refractivity (Wildman–Crippen MR) is 95.9 cm³/mol. The molecule has 7 nitrogen and oxygen atoms in total. The Morgan fingerprint density at radius 2 is 2.00 bits per heavy atom. The van der Waals surface area contributed by atoms with Crippen molar-refractivity contribution in [2.24, 2.45) is 0 Å². The maximum atomic E-state index is 12.5. The minimum absolute atomic E-state index is 0.238. The van der Waals surface area contributed by atoms with Gasteiger partial charge in [-0.05, 0) is 38.5 Å². The third-order valence-corrected chi connectivity index (χ3v) is 3.62. The minimum atomic E-state index is -0.464. The number of anilines is 2. The molecule has 1 heterocycles. The minimum Gasteiger partial charge on any atom is -0.465 e. The highest BCUT2D eigenvalue weighted by atomic mass is 16.5. The molecule has 0 aliphatic carbocycles. The largest absolute Gasteiger partial charge is 0.465 e. The van der Waals surface area contributed by atoms with E-state index < -0.39 is 5.97 Å². The van der Waals surface area contributed by atoms with Crippen LogP contribution in [0, 0.1) is 6.92 Å². The van der Waals surface area contributed by atoms with Gasteiger partial charge in [-0.15, -0.1) is 0 Å². The van der Waals surface area contributed by atoms with Crippen LogP contribution in [-0.2, 0) is 4.74 Å². The number of carbonyl (C=O) groups is 2. The van der Waals surface area contributed by atoms with Crippen LogP contribution in [0.1, 0.15) is 46.9 Å². The zero-order chi connectivity index (χ0) is 18.4. The Labute approximate surface area is 146 Å². The molecule has 1 aromatic heterocycles. The van der Waals surface area contributed by atoms with E-state index in [0.29, 0.717) is 22.9 Å². The normalized spacial score (nSPS) is 11.5. The predicted octanol–water partition coefficient (Wildman–Crippen LogP) is 3.03. The topological polar surface area (TPSA) is 93.2 Å². The smallest absolute Gasteiger partial charge is 0.337 e. The molecule has 0 aliphatic heterocycles. The standard InChI is InChI=1S/C18H22N4O3/c1-5-11(2)19-16-10-15(20-12(3)21-16)17(23)22-14-8-6-7-13(9-14)18(24)25-4/h6-11H,5H2,1-4H3,(H,22,23)(H,19,20,21). The van der Waals surface area contributed by atoms with Gasteiger partial charge in [0.1, 0.15) is 17.3 Å². The van der Waals surface area contributed by atoms with Gasteiger partial charge in [0.25, 0.3) is 5.91 Å². The molecule has 1 atom stereocenters. The van der Waals surface area contributed by atoms with Gasteiger partial charge in [-0.2, -0.15) is 0 Å². The number of aromatic nitrogens is 2. The van der Waals surface area contributed by atoms with Crippen LogP contribution in [0.2, 0.25) is 0 Å². The first-order valence-corrected chi connectivity index (χ1v) is 8.05. The van der Waals surface area contributed by atoms with Crippen molar-refractivity contribution in [3.05, 3.63) is 47.4 Å². The number of aryl methyl sites for hydroxylation is 1. The van der Waals surface area contributed by atoms with E-state index in [4.69, 9.17) is 0 Å². The second-order valence-corrected chi connectivity index (χ2v) is 5.67. The molecule has 1 unspecified atom stereocenters. The molecular weight excluding hydrogens is 320 g/mol. The average molecular weight is 342 g/mol. The van der Waals surface area contributed by atoms with Gasteiger partial charge in [0.2, 0.25) is 0 Å². The van der Waals surface area contributed by atoms with Crippen molar-refractivity contribution in [1.29, 1.82) is 0 Å². The Morgan fingerprint density at radius 3 is 2.68 bits per heavy atom.